The summed E-state index contributed by atoms with van der Waals surface area (Å²) in [4.78, 5) is 16.3. The lowest BCUT2D eigenvalue weighted by Gasteiger charge is -2.06. The van der Waals surface area contributed by atoms with E-state index < -0.39 is 0 Å². The van der Waals surface area contributed by atoms with E-state index in [0.29, 0.717) is 17.0 Å². The van der Waals surface area contributed by atoms with Crippen LogP contribution in [-0.4, -0.2) is 19.9 Å². The molecule has 2 heterocycles. The van der Waals surface area contributed by atoms with Crippen molar-refractivity contribution >= 4 is 34.4 Å². The molecule has 0 aliphatic carbocycles. The van der Waals surface area contributed by atoms with E-state index in [1.54, 1.807) is 6.20 Å². The molecule has 7 nitrogen and oxygen atoms in total. The molecule has 0 bridgehead atoms. The Labute approximate surface area is 108 Å². The van der Waals surface area contributed by atoms with Gasteiger partial charge in [-0.15, -0.1) is 0 Å². The Morgan fingerprint density at radius 3 is 2.53 bits per heavy atom. The molecule has 0 amide bonds. The van der Waals surface area contributed by atoms with E-state index >= 15 is 0 Å². The Balaban J connectivity index is 2.02. The van der Waals surface area contributed by atoms with E-state index in [1.165, 1.54) is 0 Å². The summed E-state index contributed by atoms with van der Waals surface area (Å²) in [5.74, 6) is 0.791. The standard InChI is InChI=1S/C12H11N7/c13-9-8-6-15-12(16-7-4-2-1-3-5-7)19-10(8)18-11(14)17-9/h1-6H,(H5,13,14,15,16,17,18,19). The Kier molecular flexibility index (Phi) is 2.57. The molecule has 0 saturated carbocycles. The molecule has 2 aromatic heterocycles. The summed E-state index contributed by atoms with van der Waals surface area (Å²) in [5, 5.41) is 3.65. The van der Waals surface area contributed by atoms with Crippen LogP contribution in [0.3, 0.4) is 0 Å². The van der Waals surface area contributed by atoms with Gasteiger partial charge in [0.1, 0.15) is 5.82 Å². The minimum Gasteiger partial charge on any atom is -0.383 e. The van der Waals surface area contributed by atoms with E-state index in [0.717, 1.165) is 5.69 Å². The van der Waals surface area contributed by atoms with Crippen molar-refractivity contribution in [3.8, 4) is 0 Å². The predicted molar refractivity (Wildman–Crippen MR) is 73.7 cm³/mol. The SMILES string of the molecule is Nc1nc(N)c2cnc(Nc3ccccc3)nc2n1. The summed E-state index contributed by atoms with van der Waals surface area (Å²) in [5.41, 5.74) is 12.6. The van der Waals surface area contributed by atoms with E-state index in [2.05, 4.69) is 25.3 Å². The number of hydrogen-bond acceptors (Lipinski definition) is 7. The van der Waals surface area contributed by atoms with Crippen molar-refractivity contribution in [1.29, 1.82) is 0 Å². The maximum Gasteiger partial charge on any atom is 0.229 e. The maximum atomic E-state index is 5.73. The number of anilines is 4. The summed E-state index contributed by atoms with van der Waals surface area (Å²) < 4.78 is 0. The smallest absolute Gasteiger partial charge is 0.229 e. The van der Waals surface area contributed by atoms with Crippen LogP contribution < -0.4 is 16.8 Å². The van der Waals surface area contributed by atoms with Gasteiger partial charge in [0.25, 0.3) is 0 Å². The molecule has 7 heteroatoms. The van der Waals surface area contributed by atoms with Gasteiger partial charge in [-0.1, -0.05) is 18.2 Å². The highest BCUT2D eigenvalue weighted by Gasteiger charge is 2.06. The number of nitrogens with one attached hydrogen (secondary N) is 1. The van der Waals surface area contributed by atoms with Crippen molar-refractivity contribution < 1.29 is 0 Å². The van der Waals surface area contributed by atoms with E-state index in [-0.39, 0.29) is 11.8 Å². The predicted octanol–water partition coefficient (Wildman–Crippen LogP) is 1.33. The first-order valence-corrected chi connectivity index (χ1v) is 5.60. The first kappa shape index (κ1) is 11.1. The van der Waals surface area contributed by atoms with Crippen molar-refractivity contribution in [2.45, 2.75) is 0 Å². The zero-order valence-electron chi connectivity index (χ0n) is 9.91. The van der Waals surface area contributed by atoms with Gasteiger partial charge in [0.15, 0.2) is 5.65 Å². The van der Waals surface area contributed by atoms with Crippen LogP contribution in [0.4, 0.5) is 23.4 Å². The number of nitrogens with zero attached hydrogens (tertiary/aromatic N) is 4. The Morgan fingerprint density at radius 2 is 1.74 bits per heavy atom. The number of fused-ring (bicyclic) bond motifs is 1. The normalized spacial score (nSPS) is 10.5. The lowest BCUT2D eigenvalue weighted by molar-refractivity contribution is 1.15. The van der Waals surface area contributed by atoms with Gasteiger partial charge in [0, 0.05) is 11.9 Å². The number of hydrogen-bond donors (Lipinski definition) is 3. The second kappa shape index (κ2) is 4.37. The first-order valence-electron chi connectivity index (χ1n) is 5.60. The molecule has 94 valence electrons. The number of para-hydroxylation sites is 1. The number of rotatable bonds is 2. The third kappa shape index (κ3) is 2.21. The summed E-state index contributed by atoms with van der Waals surface area (Å²) in [6, 6.07) is 9.59. The van der Waals surface area contributed by atoms with E-state index in [4.69, 9.17) is 11.5 Å². The van der Waals surface area contributed by atoms with Gasteiger partial charge in [0.2, 0.25) is 11.9 Å². The monoisotopic (exact) mass is 253 g/mol. The van der Waals surface area contributed by atoms with Gasteiger partial charge in [-0.05, 0) is 12.1 Å². The summed E-state index contributed by atoms with van der Waals surface area (Å²) in [6.07, 6.45) is 1.57. The third-order valence-corrected chi connectivity index (χ3v) is 2.53. The van der Waals surface area contributed by atoms with Gasteiger partial charge in [-0.3, -0.25) is 0 Å². The average molecular weight is 253 g/mol. The van der Waals surface area contributed by atoms with Crippen LogP contribution in [0.2, 0.25) is 0 Å². The molecule has 0 unspecified atom stereocenters. The highest BCUT2D eigenvalue weighted by Crippen LogP contribution is 2.18. The molecular weight excluding hydrogens is 242 g/mol. The summed E-state index contributed by atoms with van der Waals surface area (Å²) in [7, 11) is 0. The fraction of sp³-hybridized carbons (Fsp3) is 0. The Bertz CT molecular complexity index is 727. The average Bonchev–Trinajstić information content (AvgIpc) is 2.39. The molecule has 5 N–H and O–H groups in total. The van der Waals surface area contributed by atoms with Crippen LogP contribution in [0.1, 0.15) is 0 Å². The number of aromatic nitrogens is 4. The molecule has 0 spiro atoms. The van der Waals surface area contributed by atoms with E-state index in [1.807, 2.05) is 30.3 Å². The molecule has 0 aliphatic rings. The van der Waals surface area contributed by atoms with Crippen molar-refractivity contribution in [2.24, 2.45) is 0 Å². The molecular formula is C12H11N7. The molecule has 0 aliphatic heterocycles. The number of nitrogens with two attached hydrogens (primary N) is 2. The lowest BCUT2D eigenvalue weighted by Crippen LogP contribution is -2.04. The van der Waals surface area contributed by atoms with Crippen molar-refractivity contribution in [3.05, 3.63) is 36.5 Å². The molecule has 19 heavy (non-hydrogen) atoms. The van der Waals surface area contributed by atoms with Crippen molar-refractivity contribution in [3.63, 3.8) is 0 Å². The van der Waals surface area contributed by atoms with Gasteiger partial charge in [0.05, 0.1) is 5.39 Å². The van der Waals surface area contributed by atoms with E-state index in [9.17, 15) is 0 Å². The summed E-state index contributed by atoms with van der Waals surface area (Å²) >= 11 is 0. The first-order chi connectivity index (χ1) is 9.22. The molecule has 0 radical (unpaired) electrons. The highest BCUT2D eigenvalue weighted by atomic mass is 15.1. The molecule has 0 atom stereocenters. The quantitative estimate of drug-likeness (QED) is 0.630. The molecule has 3 rings (SSSR count). The minimum atomic E-state index is 0.0920. The van der Waals surface area contributed by atoms with Crippen LogP contribution in [-0.2, 0) is 0 Å². The third-order valence-electron chi connectivity index (χ3n) is 2.53. The van der Waals surface area contributed by atoms with Crippen LogP contribution in [0.25, 0.3) is 11.0 Å². The fourth-order valence-corrected chi connectivity index (χ4v) is 1.67. The molecule has 1 aromatic carbocycles. The fourth-order valence-electron chi connectivity index (χ4n) is 1.67. The maximum absolute atomic E-state index is 5.73. The van der Waals surface area contributed by atoms with Gasteiger partial charge in [-0.2, -0.15) is 15.0 Å². The highest BCUT2D eigenvalue weighted by molar-refractivity contribution is 5.86. The summed E-state index contributed by atoms with van der Waals surface area (Å²) in [6.45, 7) is 0. The van der Waals surface area contributed by atoms with Gasteiger partial charge < -0.3 is 16.8 Å². The van der Waals surface area contributed by atoms with Crippen LogP contribution in [0.5, 0.6) is 0 Å². The van der Waals surface area contributed by atoms with Crippen LogP contribution in [0.15, 0.2) is 36.5 Å². The Hall–Kier alpha value is -2.96. The Morgan fingerprint density at radius 1 is 0.947 bits per heavy atom. The second-order valence-electron chi connectivity index (χ2n) is 3.89. The zero-order valence-corrected chi connectivity index (χ0v) is 9.91. The molecule has 0 saturated heterocycles. The molecule has 0 fully saturated rings. The van der Waals surface area contributed by atoms with Gasteiger partial charge in [-0.25, -0.2) is 4.98 Å². The van der Waals surface area contributed by atoms with Gasteiger partial charge >= 0.3 is 0 Å². The molecule has 3 aromatic rings. The number of benzene rings is 1. The zero-order chi connectivity index (χ0) is 13.2. The largest absolute Gasteiger partial charge is 0.383 e. The minimum absolute atomic E-state index is 0.0920. The van der Waals surface area contributed by atoms with Crippen molar-refractivity contribution in [2.75, 3.05) is 16.8 Å². The van der Waals surface area contributed by atoms with Crippen molar-refractivity contribution in [1.82, 2.24) is 19.9 Å². The topological polar surface area (TPSA) is 116 Å². The second-order valence-corrected chi connectivity index (χ2v) is 3.89. The number of nitrogen functional groups attached to an aromatic ring is 2. The lowest BCUT2D eigenvalue weighted by atomic mass is 10.3. The van der Waals surface area contributed by atoms with Crippen LogP contribution in [0, 0.1) is 0 Å². The van der Waals surface area contributed by atoms with Crippen LogP contribution >= 0.6 is 0 Å².